The van der Waals surface area contributed by atoms with Crippen LogP contribution in [0.3, 0.4) is 0 Å². The van der Waals surface area contributed by atoms with Crippen molar-refractivity contribution in [2.75, 3.05) is 31.1 Å². The van der Waals surface area contributed by atoms with Gasteiger partial charge in [-0.05, 0) is 55.4 Å². The van der Waals surface area contributed by atoms with E-state index in [2.05, 4.69) is 22.3 Å². The zero-order valence-electron chi connectivity index (χ0n) is 21.7. The Balaban J connectivity index is 1.38. The number of aryl methyl sites for hydroxylation is 1. The van der Waals surface area contributed by atoms with Crippen molar-refractivity contribution in [3.05, 3.63) is 99.7 Å². The number of nitrogens with one attached hydrogen (secondary N) is 1. The highest BCUT2D eigenvalue weighted by Gasteiger charge is 2.37. The number of hydrogen-bond acceptors (Lipinski definition) is 6. The minimum atomic E-state index is -1.13. The lowest BCUT2D eigenvalue weighted by Gasteiger charge is -2.41. The van der Waals surface area contributed by atoms with Gasteiger partial charge in [0.05, 0.1) is 12.0 Å². The molecular weight excluding hydrogens is 480 g/mol. The van der Waals surface area contributed by atoms with Gasteiger partial charge >= 0.3 is 5.97 Å². The van der Waals surface area contributed by atoms with Crippen molar-refractivity contribution in [3.63, 3.8) is 0 Å². The third-order valence-electron chi connectivity index (χ3n) is 8.04. The molecule has 2 heterocycles. The molecule has 1 aliphatic carbocycles. The summed E-state index contributed by atoms with van der Waals surface area (Å²) < 4.78 is 6.39. The molecule has 3 N–H and O–H groups in total. The van der Waals surface area contributed by atoms with Gasteiger partial charge in [0, 0.05) is 31.1 Å². The second-order valence-electron chi connectivity index (χ2n) is 10.5. The molecule has 198 valence electrons. The van der Waals surface area contributed by atoms with Crippen LogP contribution < -0.4 is 15.6 Å². The van der Waals surface area contributed by atoms with Crippen molar-refractivity contribution in [1.29, 1.82) is 0 Å². The highest BCUT2D eigenvalue weighted by molar-refractivity contribution is 5.83. The predicted molar refractivity (Wildman–Crippen MR) is 149 cm³/mol. The Labute approximate surface area is 222 Å². The van der Waals surface area contributed by atoms with Gasteiger partial charge in [-0.2, -0.15) is 0 Å². The molecule has 1 atom stereocenters. The van der Waals surface area contributed by atoms with Crippen molar-refractivity contribution < 1.29 is 19.4 Å². The van der Waals surface area contributed by atoms with E-state index in [1.54, 1.807) is 18.2 Å². The summed E-state index contributed by atoms with van der Waals surface area (Å²) in [5.41, 5.74) is 1.98. The second kappa shape index (κ2) is 10.6. The van der Waals surface area contributed by atoms with E-state index in [0.29, 0.717) is 49.3 Å². The van der Waals surface area contributed by atoms with Crippen molar-refractivity contribution in [1.82, 2.24) is 5.32 Å². The molecule has 1 aliphatic heterocycles. The Morgan fingerprint density at radius 3 is 2.53 bits per heavy atom. The van der Waals surface area contributed by atoms with Crippen LogP contribution in [0.1, 0.15) is 36.0 Å². The lowest BCUT2D eigenvalue weighted by atomic mass is 9.73. The Morgan fingerprint density at radius 2 is 1.87 bits per heavy atom. The van der Waals surface area contributed by atoms with Crippen LogP contribution in [0.2, 0.25) is 0 Å². The maximum Gasteiger partial charge on any atom is 0.328 e. The summed E-state index contributed by atoms with van der Waals surface area (Å²) in [4.78, 5) is 27.2. The van der Waals surface area contributed by atoms with E-state index < -0.39 is 11.5 Å². The van der Waals surface area contributed by atoms with E-state index in [0.717, 1.165) is 29.5 Å². The number of aliphatic carboxylic acids is 1. The normalized spacial score (nSPS) is 20.6. The van der Waals surface area contributed by atoms with Crippen LogP contribution in [0.5, 0.6) is 0 Å². The van der Waals surface area contributed by atoms with Crippen LogP contribution in [-0.4, -0.2) is 48.0 Å². The molecule has 38 heavy (non-hydrogen) atoms. The molecule has 1 fully saturated rings. The fourth-order valence-corrected chi connectivity index (χ4v) is 5.71. The van der Waals surface area contributed by atoms with Crippen molar-refractivity contribution in [3.8, 4) is 0 Å². The molecule has 0 radical (unpaired) electrons. The topological polar surface area (TPSA) is 103 Å². The Kier molecular flexibility index (Phi) is 7.23. The fraction of sp³-hybridized carbons (Fsp3) is 0.355. The summed E-state index contributed by atoms with van der Waals surface area (Å²) in [5.74, 6) is -0.386. The smallest absolute Gasteiger partial charge is 0.328 e. The summed E-state index contributed by atoms with van der Waals surface area (Å²) in [6.45, 7) is 3.75. The minimum absolute atomic E-state index is 0.0752. The molecule has 0 saturated carbocycles. The number of carboxylic acids is 1. The Morgan fingerprint density at radius 1 is 1.11 bits per heavy atom. The van der Waals surface area contributed by atoms with Gasteiger partial charge < -0.3 is 19.5 Å². The number of benzene rings is 2. The van der Waals surface area contributed by atoms with Gasteiger partial charge in [-0.3, -0.25) is 10.1 Å². The molecule has 1 unspecified atom stereocenters. The molecule has 0 amide bonds. The number of carbonyl (C=O) groups is 1. The van der Waals surface area contributed by atoms with Crippen LogP contribution >= 0.6 is 0 Å². The fourth-order valence-electron chi connectivity index (χ4n) is 5.71. The van der Waals surface area contributed by atoms with Crippen LogP contribution in [-0.2, 0) is 16.6 Å². The van der Waals surface area contributed by atoms with E-state index in [9.17, 15) is 19.8 Å². The summed E-state index contributed by atoms with van der Waals surface area (Å²) >= 11 is 0. The van der Waals surface area contributed by atoms with Gasteiger partial charge in [-0.1, -0.05) is 60.7 Å². The van der Waals surface area contributed by atoms with E-state index in [1.807, 2.05) is 49.4 Å². The molecule has 2 aliphatic rings. The van der Waals surface area contributed by atoms with Gasteiger partial charge in [0.25, 0.3) is 0 Å². The van der Waals surface area contributed by atoms with Crippen LogP contribution in [0, 0.1) is 6.92 Å². The van der Waals surface area contributed by atoms with Gasteiger partial charge in [0.15, 0.2) is 11.3 Å². The SMILES string of the molecule is Cc1cc(CCNC2(C(=O)O)C=CC=CC2)c2oc(N3CCC(CO)(c4ccccc4)CC3)cc(=O)c2c1. The van der Waals surface area contributed by atoms with Crippen LogP contribution in [0.4, 0.5) is 5.88 Å². The number of fused-ring (bicyclic) bond motifs is 1. The standard InChI is InChI=1S/C31H34N2O5/c1-22-18-23(10-15-32-31(29(36)37)11-6-3-7-12-31)28-25(19-22)26(35)20-27(38-28)33-16-13-30(21-34,14-17-33)24-8-4-2-5-9-24/h2-9,11,18-20,32,34H,10,12-17,21H2,1H3,(H,36,37). The number of aliphatic hydroxyl groups excluding tert-OH is 1. The van der Waals surface area contributed by atoms with E-state index in [4.69, 9.17) is 4.42 Å². The molecule has 2 aromatic carbocycles. The molecular formula is C31H34N2O5. The zero-order chi connectivity index (χ0) is 26.8. The molecule has 7 nitrogen and oxygen atoms in total. The van der Waals surface area contributed by atoms with Gasteiger partial charge in [-0.25, -0.2) is 4.79 Å². The first kappa shape index (κ1) is 25.9. The van der Waals surface area contributed by atoms with Crippen molar-refractivity contribution >= 4 is 22.8 Å². The van der Waals surface area contributed by atoms with E-state index in [1.165, 1.54) is 0 Å². The largest absolute Gasteiger partial charge is 0.480 e. The number of hydrogen-bond donors (Lipinski definition) is 3. The molecule has 7 heteroatoms. The van der Waals surface area contributed by atoms with Crippen molar-refractivity contribution in [2.24, 2.45) is 0 Å². The average Bonchev–Trinajstić information content (AvgIpc) is 2.94. The first-order valence-corrected chi connectivity index (χ1v) is 13.2. The average molecular weight is 515 g/mol. The second-order valence-corrected chi connectivity index (χ2v) is 10.5. The number of carboxylic acid groups (broad SMARTS) is 1. The number of allylic oxidation sites excluding steroid dienone is 2. The zero-order valence-corrected chi connectivity index (χ0v) is 21.7. The van der Waals surface area contributed by atoms with E-state index in [-0.39, 0.29) is 17.5 Å². The highest BCUT2D eigenvalue weighted by Crippen LogP contribution is 2.37. The van der Waals surface area contributed by atoms with Gasteiger partial charge in [0.2, 0.25) is 0 Å². The number of anilines is 1. The molecule has 5 rings (SSSR count). The number of aliphatic hydroxyl groups is 1. The molecule has 0 spiro atoms. The van der Waals surface area contributed by atoms with Crippen LogP contribution in [0.25, 0.3) is 11.0 Å². The predicted octanol–water partition coefficient (Wildman–Crippen LogP) is 4.10. The summed E-state index contributed by atoms with van der Waals surface area (Å²) in [6.07, 6.45) is 9.51. The number of rotatable bonds is 8. The maximum atomic E-state index is 13.2. The molecule has 1 aromatic heterocycles. The molecule has 0 bridgehead atoms. The summed E-state index contributed by atoms with van der Waals surface area (Å²) in [7, 11) is 0. The summed E-state index contributed by atoms with van der Waals surface area (Å²) in [5, 5.41) is 23.8. The monoisotopic (exact) mass is 514 g/mol. The Hall–Kier alpha value is -3.68. The lowest BCUT2D eigenvalue weighted by Crippen LogP contribution is -2.51. The first-order chi connectivity index (χ1) is 18.4. The molecule has 1 saturated heterocycles. The number of nitrogens with zero attached hydrogens (tertiary/aromatic N) is 1. The highest BCUT2D eigenvalue weighted by atomic mass is 16.4. The van der Waals surface area contributed by atoms with Gasteiger partial charge in [0.1, 0.15) is 11.1 Å². The molecule has 3 aromatic rings. The van der Waals surface area contributed by atoms with Gasteiger partial charge in [-0.15, -0.1) is 0 Å². The third kappa shape index (κ3) is 4.91. The lowest BCUT2D eigenvalue weighted by molar-refractivity contribution is -0.142. The minimum Gasteiger partial charge on any atom is -0.480 e. The van der Waals surface area contributed by atoms with Crippen LogP contribution in [0.15, 0.2) is 82.0 Å². The summed E-state index contributed by atoms with van der Waals surface area (Å²) in [6, 6.07) is 15.5. The third-order valence-corrected chi connectivity index (χ3v) is 8.04. The quantitative estimate of drug-likeness (QED) is 0.416. The number of piperidine rings is 1. The maximum absolute atomic E-state index is 13.2. The first-order valence-electron chi connectivity index (χ1n) is 13.2. The van der Waals surface area contributed by atoms with E-state index >= 15 is 0 Å². The van der Waals surface area contributed by atoms with Crippen molar-refractivity contribution in [2.45, 2.75) is 43.6 Å². The Bertz CT molecular complexity index is 1430.